The Morgan fingerprint density at radius 3 is 2.33 bits per heavy atom. The summed E-state index contributed by atoms with van der Waals surface area (Å²) in [5.41, 5.74) is 12.3. The van der Waals surface area contributed by atoms with Gasteiger partial charge in [0, 0.05) is 17.7 Å². The van der Waals surface area contributed by atoms with E-state index in [9.17, 15) is 0 Å². The number of hydrogen-bond acceptors (Lipinski definition) is 1. The van der Waals surface area contributed by atoms with E-state index in [-0.39, 0.29) is 0 Å². The Balaban J connectivity index is 2.35. The number of aryl methyl sites for hydroxylation is 3. The van der Waals surface area contributed by atoms with Crippen LogP contribution in [0.15, 0.2) is 12.1 Å². The van der Waals surface area contributed by atoms with Gasteiger partial charge in [-0.25, -0.2) is 0 Å². The van der Waals surface area contributed by atoms with Crippen LogP contribution in [-0.2, 0) is 6.42 Å². The van der Waals surface area contributed by atoms with E-state index in [1.54, 1.807) is 0 Å². The molecule has 0 spiro atoms. The van der Waals surface area contributed by atoms with Crippen LogP contribution < -0.4 is 0 Å². The fourth-order valence-electron chi connectivity index (χ4n) is 3.16. The first-order valence-corrected chi connectivity index (χ1v) is 6.56. The lowest BCUT2D eigenvalue weighted by atomic mass is 9.93. The molecule has 1 heterocycles. The molecule has 0 amide bonds. The van der Waals surface area contributed by atoms with Gasteiger partial charge < -0.3 is 0 Å². The lowest BCUT2D eigenvalue weighted by molar-refractivity contribution is 1.05. The molecule has 1 aliphatic carbocycles. The molecule has 1 aromatic heterocycles. The number of nitrogens with zero attached hydrogens (tertiary/aromatic N) is 1. The predicted molar refractivity (Wildman–Crippen MR) is 76.2 cm³/mol. The quantitative estimate of drug-likeness (QED) is 0.571. The van der Waals surface area contributed by atoms with Crippen LogP contribution in [0.25, 0.3) is 11.1 Å². The molecule has 0 N–H and O–H groups in total. The molecule has 92 valence electrons. The van der Waals surface area contributed by atoms with Crippen LogP contribution in [0.3, 0.4) is 0 Å². The van der Waals surface area contributed by atoms with Gasteiger partial charge in [-0.05, 0) is 74.1 Å². The number of rotatable bonds is 0. The lowest BCUT2D eigenvalue weighted by Gasteiger charge is -2.12. The van der Waals surface area contributed by atoms with Crippen LogP contribution in [0, 0.1) is 34.6 Å². The monoisotopic (exact) mass is 237 g/mol. The van der Waals surface area contributed by atoms with Crippen molar-refractivity contribution in [2.45, 2.75) is 41.0 Å². The molecule has 1 aliphatic rings. The van der Waals surface area contributed by atoms with Gasteiger partial charge >= 0.3 is 0 Å². The third kappa shape index (κ3) is 1.43. The average Bonchev–Trinajstić information content (AvgIpc) is 2.64. The van der Waals surface area contributed by atoms with E-state index < -0.39 is 0 Å². The Hall–Kier alpha value is -1.63. The first-order valence-electron chi connectivity index (χ1n) is 6.56. The minimum atomic E-state index is 1.00. The second kappa shape index (κ2) is 3.68. The molecule has 0 bridgehead atoms. The maximum absolute atomic E-state index is 4.73. The van der Waals surface area contributed by atoms with Gasteiger partial charge in [0.15, 0.2) is 0 Å². The van der Waals surface area contributed by atoms with Gasteiger partial charge in [0.1, 0.15) is 0 Å². The molecule has 0 fully saturated rings. The van der Waals surface area contributed by atoms with Gasteiger partial charge in [0.2, 0.25) is 0 Å². The third-order valence-electron chi connectivity index (χ3n) is 4.33. The van der Waals surface area contributed by atoms with Crippen LogP contribution >= 0.6 is 0 Å². The summed E-state index contributed by atoms with van der Waals surface area (Å²) in [6.07, 6.45) is 1.00. The van der Waals surface area contributed by atoms with E-state index in [2.05, 4.69) is 46.8 Å². The Morgan fingerprint density at radius 1 is 0.889 bits per heavy atom. The molecule has 0 unspecified atom stereocenters. The number of benzene rings is 1. The van der Waals surface area contributed by atoms with Crippen molar-refractivity contribution in [3.8, 4) is 11.1 Å². The van der Waals surface area contributed by atoms with Gasteiger partial charge in [0.25, 0.3) is 0 Å². The summed E-state index contributed by atoms with van der Waals surface area (Å²) in [4.78, 5) is 4.73. The molecule has 1 heteroatoms. The summed E-state index contributed by atoms with van der Waals surface area (Å²) in [7, 11) is 0. The lowest BCUT2D eigenvalue weighted by Crippen LogP contribution is -1.94. The molecule has 0 aliphatic heterocycles. The zero-order chi connectivity index (χ0) is 13.0. The molecule has 2 aromatic rings. The highest BCUT2D eigenvalue weighted by Crippen LogP contribution is 2.41. The zero-order valence-corrected chi connectivity index (χ0v) is 11.8. The highest BCUT2D eigenvalue weighted by Gasteiger charge is 2.24. The van der Waals surface area contributed by atoms with Gasteiger partial charge in [-0.1, -0.05) is 6.07 Å². The van der Waals surface area contributed by atoms with Crippen molar-refractivity contribution in [1.82, 2.24) is 4.98 Å². The van der Waals surface area contributed by atoms with E-state index in [1.807, 2.05) is 0 Å². The molecule has 3 rings (SSSR count). The van der Waals surface area contributed by atoms with E-state index in [0.29, 0.717) is 0 Å². The van der Waals surface area contributed by atoms with Crippen molar-refractivity contribution in [1.29, 1.82) is 0 Å². The van der Waals surface area contributed by atoms with Crippen LogP contribution in [-0.4, -0.2) is 4.98 Å². The molecule has 0 radical (unpaired) electrons. The Bertz CT molecular complexity index is 666. The van der Waals surface area contributed by atoms with Crippen LogP contribution in [0.5, 0.6) is 0 Å². The van der Waals surface area contributed by atoms with E-state index in [1.165, 1.54) is 44.6 Å². The first kappa shape index (κ1) is 11.5. The van der Waals surface area contributed by atoms with E-state index >= 15 is 0 Å². The zero-order valence-electron chi connectivity index (χ0n) is 11.8. The van der Waals surface area contributed by atoms with E-state index in [4.69, 9.17) is 4.98 Å². The Labute approximate surface area is 109 Å². The highest BCUT2D eigenvalue weighted by molar-refractivity contribution is 5.80. The number of aromatic nitrogens is 1. The fourth-order valence-corrected chi connectivity index (χ4v) is 3.16. The SMILES string of the molecule is Cc1cc(C)c2c(n1)Cc1c-2cc(C)c(C)c1C. The Kier molecular flexibility index (Phi) is 2.34. The average molecular weight is 237 g/mol. The summed E-state index contributed by atoms with van der Waals surface area (Å²) >= 11 is 0. The second-order valence-electron chi connectivity index (χ2n) is 5.55. The van der Waals surface area contributed by atoms with Gasteiger partial charge in [-0.15, -0.1) is 0 Å². The minimum Gasteiger partial charge on any atom is -0.257 e. The van der Waals surface area contributed by atoms with Gasteiger partial charge in [-0.2, -0.15) is 0 Å². The predicted octanol–water partition coefficient (Wildman–Crippen LogP) is 4.19. The maximum atomic E-state index is 4.73. The summed E-state index contributed by atoms with van der Waals surface area (Å²) in [6.45, 7) is 11.0. The summed E-state index contributed by atoms with van der Waals surface area (Å²) in [6, 6.07) is 4.53. The topological polar surface area (TPSA) is 12.9 Å². The van der Waals surface area contributed by atoms with Crippen molar-refractivity contribution in [2.75, 3.05) is 0 Å². The van der Waals surface area contributed by atoms with Crippen LogP contribution in [0.1, 0.15) is 39.2 Å². The van der Waals surface area contributed by atoms with Crippen molar-refractivity contribution >= 4 is 0 Å². The maximum Gasteiger partial charge on any atom is 0.0531 e. The van der Waals surface area contributed by atoms with Crippen LogP contribution in [0.4, 0.5) is 0 Å². The first-order chi connectivity index (χ1) is 8.49. The molecule has 0 saturated heterocycles. The van der Waals surface area contributed by atoms with Crippen molar-refractivity contribution < 1.29 is 0 Å². The molecular weight excluding hydrogens is 218 g/mol. The van der Waals surface area contributed by atoms with Crippen molar-refractivity contribution in [3.05, 3.63) is 51.3 Å². The summed E-state index contributed by atoms with van der Waals surface area (Å²) < 4.78 is 0. The minimum absolute atomic E-state index is 1.00. The van der Waals surface area contributed by atoms with Crippen LogP contribution in [0.2, 0.25) is 0 Å². The summed E-state index contributed by atoms with van der Waals surface area (Å²) in [5, 5.41) is 0. The third-order valence-corrected chi connectivity index (χ3v) is 4.33. The van der Waals surface area contributed by atoms with Crippen molar-refractivity contribution in [3.63, 3.8) is 0 Å². The normalized spacial score (nSPS) is 12.5. The number of fused-ring (bicyclic) bond motifs is 3. The molecule has 1 aromatic carbocycles. The highest BCUT2D eigenvalue weighted by atomic mass is 14.7. The van der Waals surface area contributed by atoms with E-state index in [0.717, 1.165) is 12.1 Å². The smallest absolute Gasteiger partial charge is 0.0531 e. The molecule has 18 heavy (non-hydrogen) atoms. The number of hydrogen-bond donors (Lipinski definition) is 0. The standard InChI is InChI=1S/C17H19N/c1-9-7-15-14(13(5)12(9)4)8-16-17(15)10(2)6-11(3)18-16/h6-7H,8H2,1-5H3. The number of pyridine rings is 1. The Morgan fingerprint density at radius 2 is 1.61 bits per heavy atom. The molecule has 0 saturated carbocycles. The summed E-state index contributed by atoms with van der Waals surface area (Å²) in [5.74, 6) is 0. The second-order valence-corrected chi connectivity index (χ2v) is 5.55. The molecule has 0 atom stereocenters. The van der Waals surface area contributed by atoms with Gasteiger partial charge in [-0.3, -0.25) is 4.98 Å². The van der Waals surface area contributed by atoms with Gasteiger partial charge in [0.05, 0.1) is 5.69 Å². The molecular formula is C17H19N. The largest absolute Gasteiger partial charge is 0.257 e. The fraction of sp³-hybridized carbons (Fsp3) is 0.353. The molecule has 1 nitrogen and oxygen atoms in total. The van der Waals surface area contributed by atoms with Crippen molar-refractivity contribution in [2.24, 2.45) is 0 Å².